The van der Waals surface area contributed by atoms with Crippen LogP contribution in [0.2, 0.25) is 0 Å². The number of nitrogen functional groups attached to an aromatic ring is 1. The quantitative estimate of drug-likeness (QED) is 0.290. The van der Waals surface area contributed by atoms with E-state index in [1.165, 1.54) is 12.1 Å². The van der Waals surface area contributed by atoms with E-state index < -0.39 is 0 Å². The number of carbonyl (C=O) groups is 1. The molecule has 0 spiro atoms. The van der Waals surface area contributed by atoms with Crippen LogP contribution in [0, 0.1) is 17.8 Å². The minimum Gasteiger partial charge on any atom is -0.463 e. The van der Waals surface area contributed by atoms with Crippen molar-refractivity contribution in [2.24, 2.45) is 5.41 Å². The third-order valence-electron chi connectivity index (χ3n) is 8.02. The number of piperazine rings is 1. The third-order valence-corrected chi connectivity index (χ3v) is 8.02. The van der Waals surface area contributed by atoms with E-state index in [1.54, 1.807) is 17.0 Å². The second-order valence-corrected chi connectivity index (χ2v) is 11.3. The molecule has 0 bridgehead atoms. The molecule has 2 aliphatic heterocycles. The van der Waals surface area contributed by atoms with E-state index in [9.17, 15) is 9.18 Å². The maximum Gasteiger partial charge on any atom is 0.318 e. The number of halogens is 1. The number of benzene rings is 1. The number of aromatic nitrogens is 2. The molecule has 2 fully saturated rings. The Balaban J connectivity index is 1.46. The first kappa shape index (κ1) is 27.6. The number of para-hydroxylation sites is 1. The lowest BCUT2D eigenvalue weighted by Gasteiger charge is -2.41. The van der Waals surface area contributed by atoms with Crippen molar-refractivity contribution < 1.29 is 13.9 Å². The number of ether oxygens (including phenoxy) is 1. The molecule has 3 heterocycles. The molecule has 3 aliphatic rings. The first-order valence-electron chi connectivity index (χ1n) is 13.7. The summed E-state index contributed by atoms with van der Waals surface area (Å²) in [5, 5.41) is 0. The summed E-state index contributed by atoms with van der Waals surface area (Å²) < 4.78 is 21.1. The average Bonchev–Trinajstić information content (AvgIpc) is 3.69. The van der Waals surface area contributed by atoms with Crippen LogP contribution in [0.25, 0.3) is 4.85 Å². The number of nitrogens with two attached hydrogens (primary N) is 1. The van der Waals surface area contributed by atoms with Gasteiger partial charge in [0, 0.05) is 43.7 Å². The number of hydrogen-bond donors (Lipinski definition) is 1. The Morgan fingerprint density at radius 2 is 2.10 bits per heavy atom. The molecular formula is C29H37FN8O2. The molecular weight excluding hydrogens is 511 g/mol. The number of anilines is 3. The molecule has 1 atom stereocenters. The highest BCUT2D eigenvalue weighted by Crippen LogP contribution is 2.46. The zero-order valence-electron chi connectivity index (χ0n) is 23.3. The van der Waals surface area contributed by atoms with E-state index in [-0.39, 0.29) is 29.7 Å². The molecule has 2 N–H and O–H groups in total. The maximum absolute atomic E-state index is 14.8. The van der Waals surface area contributed by atoms with Crippen LogP contribution < -0.4 is 20.3 Å². The molecule has 0 radical (unpaired) electrons. The van der Waals surface area contributed by atoms with Crippen molar-refractivity contribution in [1.82, 2.24) is 19.8 Å². The van der Waals surface area contributed by atoms with Gasteiger partial charge in [0.1, 0.15) is 17.7 Å². The van der Waals surface area contributed by atoms with Crippen LogP contribution in [-0.4, -0.2) is 91.7 Å². The molecule has 1 aromatic carbocycles. The fraction of sp³-hybridized carbons (Fsp3) is 0.517. The fourth-order valence-electron chi connectivity index (χ4n) is 5.90. The van der Waals surface area contributed by atoms with E-state index in [2.05, 4.69) is 35.3 Å². The molecule has 212 valence electrons. The lowest BCUT2D eigenvalue weighted by molar-refractivity contribution is -0.128. The normalized spacial score (nSPS) is 19.7. The van der Waals surface area contributed by atoms with Crippen molar-refractivity contribution >= 4 is 23.1 Å². The number of nitrogens with zero attached hydrogens (tertiary/aromatic N) is 7. The van der Waals surface area contributed by atoms with Gasteiger partial charge in [0.2, 0.25) is 12.5 Å². The van der Waals surface area contributed by atoms with Crippen molar-refractivity contribution in [1.29, 1.82) is 0 Å². The lowest BCUT2D eigenvalue weighted by Crippen LogP contribution is -2.56. The van der Waals surface area contributed by atoms with Crippen molar-refractivity contribution in [3.05, 3.63) is 59.3 Å². The van der Waals surface area contributed by atoms with Gasteiger partial charge in [-0.05, 0) is 51.6 Å². The Hall–Kier alpha value is -3.91. The zero-order chi connectivity index (χ0) is 28.4. The predicted molar refractivity (Wildman–Crippen MR) is 153 cm³/mol. The fourth-order valence-corrected chi connectivity index (χ4v) is 5.90. The second-order valence-electron chi connectivity index (χ2n) is 11.3. The van der Waals surface area contributed by atoms with Crippen LogP contribution in [-0.2, 0) is 17.8 Å². The van der Waals surface area contributed by atoms with Gasteiger partial charge >= 0.3 is 6.01 Å². The number of fused-ring (bicyclic) bond motifs is 1. The molecule has 1 saturated heterocycles. The minimum atomic E-state index is -0.362. The van der Waals surface area contributed by atoms with Gasteiger partial charge in [-0.15, -0.1) is 0 Å². The van der Waals surface area contributed by atoms with Gasteiger partial charge in [0.25, 0.3) is 0 Å². The highest BCUT2D eigenvalue weighted by molar-refractivity contribution is 5.87. The van der Waals surface area contributed by atoms with Crippen LogP contribution >= 0.6 is 0 Å². The van der Waals surface area contributed by atoms with Crippen LogP contribution in [0.5, 0.6) is 6.01 Å². The Morgan fingerprint density at radius 3 is 2.77 bits per heavy atom. The highest BCUT2D eigenvalue weighted by Gasteiger charge is 2.44. The standard InChI is InChI=1S/C29H37FN8O2/c1-5-25(39)38-14-13-37(16-20(38)15-32-2)27-21-9-12-36(26-22(30)7-6-8-23(26)31)17-24(21)33-28(34-27)40-19-29(10-11-29)18-35(3)4/h5-8,20H,1,9-19,31H2,3-4H3. The molecule has 1 amide bonds. The van der Waals surface area contributed by atoms with E-state index in [0.29, 0.717) is 63.1 Å². The van der Waals surface area contributed by atoms with E-state index in [4.69, 9.17) is 27.0 Å². The van der Waals surface area contributed by atoms with Crippen LogP contribution in [0.3, 0.4) is 0 Å². The number of carbonyl (C=O) groups excluding carboxylic acids is 1. The van der Waals surface area contributed by atoms with Crippen LogP contribution in [0.15, 0.2) is 30.9 Å². The second kappa shape index (κ2) is 11.3. The Kier molecular flexibility index (Phi) is 7.81. The van der Waals surface area contributed by atoms with Crippen LogP contribution in [0.1, 0.15) is 24.1 Å². The maximum atomic E-state index is 14.8. The van der Waals surface area contributed by atoms with Gasteiger partial charge in [0.15, 0.2) is 0 Å². The molecule has 5 rings (SSSR count). The number of amides is 1. The third kappa shape index (κ3) is 5.68. The van der Waals surface area contributed by atoms with E-state index >= 15 is 0 Å². The van der Waals surface area contributed by atoms with Gasteiger partial charge in [-0.2, -0.15) is 9.97 Å². The molecule has 40 heavy (non-hydrogen) atoms. The average molecular weight is 549 g/mol. The summed E-state index contributed by atoms with van der Waals surface area (Å²) in [5.41, 5.74) is 8.80. The zero-order valence-corrected chi connectivity index (χ0v) is 23.3. The Labute approximate surface area is 235 Å². The summed E-state index contributed by atoms with van der Waals surface area (Å²) >= 11 is 0. The lowest BCUT2D eigenvalue weighted by atomic mass is 10.0. The summed E-state index contributed by atoms with van der Waals surface area (Å²) in [5.74, 6) is 0.230. The summed E-state index contributed by atoms with van der Waals surface area (Å²) in [6.45, 7) is 15.1. The van der Waals surface area contributed by atoms with Gasteiger partial charge in [0.05, 0.1) is 30.2 Å². The first-order valence-corrected chi connectivity index (χ1v) is 13.7. The number of hydrogen-bond acceptors (Lipinski definition) is 8. The summed E-state index contributed by atoms with van der Waals surface area (Å²) in [7, 11) is 4.12. The largest absolute Gasteiger partial charge is 0.463 e. The topological polar surface area (TPSA) is 95.4 Å². The molecule has 1 aromatic heterocycles. The summed E-state index contributed by atoms with van der Waals surface area (Å²) in [6.07, 6.45) is 4.10. The monoisotopic (exact) mass is 548 g/mol. The molecule has 1 aliphatic carbocycles. The van der Waals surface area contributed by atoms with E-state index in [1.807, 2.05) is 4.90 Å². The summed E-state index contributed by atoms with van der Waals surface area (Å²) in [6, 6.07) is 4.75. The molecule has 1 unspecified atom stereocenters. The van der Waals surface area contributed by atoms with Gasteiger partial charge < -0.3 is 34.9 Å². The van der Waals surface area contributed by atoms with Crippen molar-refractivity contribution in [3.63, 3.8) is 0 Å². The predicted octanol–water partition coefficient (Wildman–Crippen LogP) is 2.60. The number of rotatable bonds is 9. The Morgan fingerprint density at radius 1 is 1.30 bits per heavy atom. The first-order chi connectivity index (χ1) is 19.2. The van der Waals surface area contributed by atoms with Crippen LogP contribution in [0.4, 0.5) is 21.6 Å². The van der Waals surface area contributed by atoms with Crippen molar-refractivity contribution in [2.45, 2.75) is 31.8 Å². The highest BCUT2D eigenvalue weighted by atomic mass is 19.1. The Bertz CT molecular complexity index is 1300. The van der Waals surface area contributed by atoms with Crippen molar-refractivity contribution in [3.8, 4) is 6.01 Å². The molecule has 11 heteroatoms. The SMILES string of the molecule is [C-]#[N+]CC1CN(c2nc(OCC3(CN(C)C)CC3)nc3c2CCN(c2c(N)cccc2F)C3)CCN1C(=O)C=C. The van der Waals surface area contributed by atoms with Gasteiger partial charge in [-0.3, -0.25) is 4.79 Å². The van der Waals surface area contributed by atoms with Gasteiger partial charge in [-0.25, -0.2) is 11.0 Å². The molecule has 10 nitrogen and oxygen atoms in total. The minimum absolute atomic E-state index is 0.105. The molecule has 2 aromatic rings. The molecule has 1 saturated carbocycles. The van der Waals surface area contributed by atoms with Crippen molar-refractivity contribution in [2.75, 3.05) is 75.5 Å². The van der Waals surface area contributed by atoms with E-state index in [0.717, 1.165) is 36.5 Å². The summed E-state index contributed by atoms with van der Waals surface area (Å²) in [4.78, 5) is 33.7. The van der Waals surface area contributed by atoms with Gasteiger partial charge in [-0.1, -0.05) is 12.6 Å². The smallest absolute Gasteiger partial charge is 0.318 e.